The minimum atomic E-state index is -0.524. The van der Waals surface area contributed by atoms with Crippen LogP contribution in [0.25, 0.3) is 0 Å². The molecule has 0 saturated carbocycles. The minimum Gasteiger partial charge on any atom is -0.342 e. The van der Waals surface area contributed by atoms with E-state index in [4.69, 9.17) is 5.73 Å². The van der Waals surface area contributed by atoms with Gasteiger partial charge in [0, 0.05) is 31.4 Å². The maximum Gasteiger partial charge on any atom is 0.225 e. The number of nitrogens with one attached hydrogen (secondary N) is 1. The van der Waals surface area contributed by atoms with Gasteiger partial charge < -0.3 is 15.6 Å². The smallest absolute Gasteiger partial charge is 0.225 e. The number of aryl methyl sites for hydroxylation is 1. The van der Waals surface area contributed by atoms with Crippen LogP contribution in [0.5, 0.6) is 0 Å². The fourth-order valence-electron chi connectivity index (χ4n) is 2.15. The summed E-state index contributed by atoms with van der Waals surface area (Å²) in [5, 5.41) is 2.92. The van der Waals surface area contributed by atoms with Crippen molar-refractivity contribution in [1.29, 1.82) is 0 Å². The van der Waals surface area contributed by atoms with E-state index in [1.807, 2.05) is 7.05 Å². The van der Waals surface area contributed by atoms with E-state index in [2.05, 4.69) is 10.3 Å². The van der Waals surface area contributed by atoms with Crippen molar-refractivity contribution in [3.05, 3.63) is 53.9 Å². The second-order valence-corrected chi connectivity index (χ2v) is 5.54. The Balaban J connectivity index is 2.35. The van der Waals surface area contributed by atoms with Crippen LogP contribution in [0.15, 0.2) is 36.7 Å². The molecule has 0 aliphatic heterocycles. The molecule has 2 rings (SSSR count). The number of amides is 1. The molecule has 5 nitrogen and oxygen atoms in total. The highest BCUT2D eigenvalue weighted by molar-refractivity contribution is 5.79. The summed E-state index contributed by atoms with van der Waals surface area (Å²) in [6, 6.07) is 5.35. The van der Waals surface area contributed by atoms with Gasteiger partial charge in [-0.25, -0.2) is 9.37 Å². The summed E-state index contributed by atoms with van der Waals surface area (Å²) in [5.74, 6) is -0.259. The first-order valence-electron chi connectivity index (χ1n) is 7.18. The number of benzene rings is 1. The Morgan fingerprint density at radius 1 is 1.41 bits per heavy atom. The number of rotatable bonds is 5. The van der Waals surface area contributed by atoms with Crippen LogP contribution in [0, 0.1) is 11.7 Å². The molecule has 1 aromatic carbocycles. The van der Waals surface area contributed by atoms with Crippen LogP contribution in [0.2, 0.25) is 0 Å². The van der Waals surface area contributed by atoms with Crippen LogP contribution in [-0.2, 0) is 11.8 Å². The SMILES string of the molecule is CC(N)C(C)C(=O)NC(c1cccc(F)c1)c1nccn1C. The molecule has 0 saturated heterocycles. The van der Waals surface area contributed by atoms with Crippen LogP contribution in [0.3, 0.4) is 0 Å². The van der Waals surface area contributed by atoms with Crippen LogP contribution in [0.1, 0.15) is 31.3 Å². The highest BCUT2D eigenvalue weighted by Crippen LogP contribution is 2.22. The van der Waals surface area contributed by atoms with Gasteiger partial charge in [-0.05, 0) is 24.6 Å². The Bertz CT molecular complexity index is 653. The predicted molar refractivity (Wildman–Crippen MR) is 82.4 cm³/mol. The molecule has 6 heteroatoms. The third-order valence-electron chi connectivity index (χ3n) is 3.79. The van der Waals surface area contributed by atoms with E-state index in [1.54, 1.807) is 42.9 Å². The van der Waals surface area contributed by atoms with Crippen molar-refractivity contribution in [3.63, 3.8) is 0 Å². The fourth-order valence-corrected chi connectivity index (χ4v) is 2.15. The average Bonchev–Trinajstić information content (AvgIpc) is 2.89. The summed E-state index contributed by atoms with van der Waals surface area (Å²) in [6.45, 7) is 3.54. The van der Waals surface area contributed by atoms with E-state index in [-0.39, 0.29) is 23.7 Å². The summed E-state index contributed by atoms with van der Waals surface area (Å²) < 4.78 is 15.3. The van der Waals surface area contributed by atoms with Crippen LogP contribution in [0.4, 0.5) is 4.39 Å². The lowest BCUT2D eigenvalue weighted by molar-refractivity contribution is -0.125. The Morgan fingerprint density at radius 2 is 2.14 bits per heavy atom. The molecular weight excluding hydrogens is 283 g/mol. The van der Waals surface area contributed by atoms with Gasteiger partial charge in [0.1, 0.15) is 17.7 Å². The number of carbonyl (C=O) groups is 1. The molecule has 1 amide bonds. The third-order valence-corrected chi connectivity index (χ3v) is 3.79. The van der Waals surface area contributed by atoms with E-state index < -0.39 is 6.04 Å². The number of imidazole rings is 1. The van der Waals surface area contributed by atoms with Crippen molar-refractivity contribution >= 4 is 5.91 Å². The monoisotopic (exact) mass is 304 g/mol. The highest BCUT2D eigenvalue weighted by atomic mass is 19.1. The number of nitrogens with zero attached hydrogens (tertiary/aromatic N) is 2. The zero-order valence-corrected chi connectivity index (χ0v) is 13.0. The first kappa shape index (κ1) is 16.2. The number of carbonyl (C=O) groups excluding carboxylic acids is 1. The van der Waals surface area contributed by atoms with Crippen LogP contribution >= 0.6 is 0 Å². The molecular formula is C16H21FN4O. The molecule has 22 heavy (non-hydrogen) atoms. The van der Waals surface area contributed by atoms with E-state index in [1.165, 1.54) is 12.1 Å². The molecule has 3 atom stereocenters. The summed E-state index contributed by atoms with van der Waals surface area (Å²) in [6.07, 6.45) is 3.42. The van der Waals surface area contributed by atoms with Gasteiger partial charge in [0.25, 0.3) is 0 Å². The minimum absolute atomic E-state index is 0.188. The van der Waals surface area contributed by atoms with Crippen LogP contribution < -0.4 is 11.1 Å². The molecule has 118 valence electrons. The van der Waals surface area contributed by atoms with Gasteiger partial charge in [0.2, 0.25) is 5.91 Å². The lowest BCUT2D eigenvalue weighted by atomic mass is 10.0. The Labute approximate surface area is 129 Å². The van der Waals surface area contributed by atoms with Crippen molar-refractivity contribution in [2.45, 2.75) is 25.9 Å². The van der Waals surface area contributed by atoms with E-state index >= 15 is 0 Å². The van der Waals surface area contributed by atoms with Gasteiger partial charge >= 0.3 is 0 Å². The maximum absolute atomic E-state index is 13.5. The zero-order chi connectivity index (χ0) is 16.3. The maximum atomic E-state index is 13.5. The number of nitrogens with two attached hydrogens (primary N) is 1. The van der Waals surface area contributed by atoms with Crippen molar-refractivity contribution in [2.75, 3.05) is 0 Å². The second-order valence-electron chi connectivity index (χ2n) is 5.54. The van der Waals surface area contributed by atoms with E-state index in [9.17, 15) is 9.18 Å². The van der Waals surface area contributed by atoms with Crippen molar-refractivity contribution in [1.82, 2.24) is 14.9 Å². The summed E-state index contributed by atoms with van der Waals surface area (Å²) in [5.41, 5.74) is 6.42. The van der Waals surface area contributed by atoms with Gasteiger partial charge in [-0.2, -0.15) is 0 Å². The molecule has 0 aliphatic rings. The van der Waals surface area contributed by atoms with E-state index in [0.29, 0.717) is 11.4 Å². The summed E-state index contributed by atoms with van der Waals surface area (Å²) in [4.78, 5) is 16.6. The number of hydrogen-bond donors (Lipinski definition) is 2. The number of halogens is 1. The standard InChI is InChI=1S/C16H21FN4O/c1-10(11(2)18)16(22)20-14(15-19-7-8-21(15)3)12-5-4-6-13(17)9-12/h4-11,14H,18H2,1-3H3,(H,20,22). The van der Waals surface area contributed by atoms with Gasteiger partial charge in [0.15, 0.2) is 0 Å². The molecule has 3 unspecified atom stereocenters. The first-order chi connectivity index (χ1) is 10.4. The summed E-state index contributed by atoms with van der Waals surface area (Å²) >= 11 is 0. The van der Waals surface area contributed by atoms with Gasteiger partial charge in [-0.1, -0.05) is 19.1 Å². The zero-order valence-electron chi connectivity index (χ0n) is 13.0. The molecule has 3 N–H and O–H groups in total. The van der Waals surface area contributed by atoms with Gasteiger partial charge in [-0.15, -0.1) is 0 Å². The lowest BCUT2D eigenvalue weighted by Gasteiger charge is -2.23. The average molecular weight is 304 g/mol. The molecule has 0 spiro atoms. The largest absolute Gasteiger partial charge is 0.342 e. The van der Waals surface area contributed by atoms with Crippen LogP contribution in [-0.4, -0.2) is 21.5 Å². The fraction of sp³-hybridized carbons (Fsp3) is 0.375. The second kappa shape index (κ2) is 6.70. The molecule has 1 heterocycles. The first-order valence-corrected chi connectivity index (χ1v) is 7.18. The Morgan fingerprint density at radius 3 is 2.68 bits per heavy atom. The molecule has 1 aromatic heterocycles. The third kappa shape index (κ3) is 3.51. The quantitative estimate of drug-likeness (QED) is 0.884. The van der Waals surface area contributed by atoms with E-state index in [0.717, 1.165) is 0 Å². The predicted octanol–water partition coefficient (Wildman–Crippen LogP) is 1.75. The molecule has 2 aromatic rings. The number of hydrogen-bond acceptors (Lipinski definition) is 3. The lowest BCUT2D eigenvalue weighted by Crippen LogP contribution is -2.41. The van der Waals surface area contributed by atoms with Gasteiger partial charge in [-0.3, -0.25) is 4.79 Å². The topological polar surface area (TPSA) is 72.9 Å². The number of aromatic nitrogens is 2. The Kier molecular flexibility index (Phi) is 4.92. The molecule has 0 radical (unpaired) electrons. The van der Waals surface area contributed by atoms with Crippen molar-refractivity contribution < 1.29 is 9.18 Å². The summed E-state index contributed by atoms with van der Waals surface area (Å²) in [7, 11) is 1.83. The molecule has 0 aliphatic carbocycles. The molecule has 0 fully saturated rings. The van der Waals surface area contributed by atoms with Crippen molar-refractivity contribution in [3.8, 4) is 0 Å². The van der Waals surface area contributed by atoms with Crippen molar-refractivity contribution in [2.24, 2.45) is 18.7 Å². The Hall–Kier alpha value is -2.21. The van der Waals surface area contributed by atoms with Gasteiger partial charge in [0.05, 0.1) is 0 Å². The molecule has 0 bridgehead atoms. The normalized spacial score (nSPS) is 15.1. The highest BCUT2D eigenvalue weighted by Gasteiger charge is 2.25.